The van der Waals surface area contributed by atoms with Gasteiger partial charge in [0.2, 0.25) is 0 Å². The standard InChI is InChI=1S/C13H11BrO2S/c1-17(15,16)13-8-4-11(5-9-13)10-2-6-12(14)7-3-10/h2-9H,1H3. The molecule has 88 valence electrons. The largest absolute Gasteiger partial charge is 0.224 e. The molecule has 2 nitrogen and oxygen atoms in total. The summed E-state index contributed by atoms with van der Waals surface area (Å²) >= 11 is 3.38. The highest BCUT2D eigenvalue weighted by molar-refractivity contribution is 9.10. The molecule has 17 heavy (non-hydrogen) atoms. The van der Waals surface area contributed by atoms with Gasteiger partial charge in [-0.25, -0.2) is 8.42 Å². The molecule has 0 atom stereocenters. The molecule has 0 N–H and O–H groups in total. The molecule has 2 rings (SSSR count). The third-order valence-electron chi connectivity index (χ3n) is 2.46. The van der Waals surface area contributed by atoms with E-state index >= 15 is 0 Å². The van der Waals surface area contributed by atoms with Gasteiger partial charge in [-0.1, -0.05) is 40.2 Å². The third kappa shape index (κ3) is 2.96. The topological polar surface area (TPSA) is 34.1 Å². The van der Waals surface area contributed by atoms with E-state index in [1.165, 1.54) is 6.26 Å². The summed E-state index contributed by atoms with van der Waals surface area (Å²) in [7, 11) is -3.12. The highest BCUT2D eigenvalue weighted by atomic mass is 79.9. The molecular weight excluding hydrogens is 300 g/mol. The highest BCUT2D eigenvalue weighted by Gasteiger charge is 2.06. The van der Waals surface area contributed by atoms with Gasteiger partial charge >= 0.3 is 0 Å². The average molecular weight is 311 g/mol. The molecule has 0 saturated heterocycles. The van der Waals surface area contributed by atoms with Crippen LogP contribution in [0, 0.1) is 0 Å². The Bertz CT molecular complexity index is 613. The molecule has 0 aliphatic heterocycles. The maximum Gasteiger partial charge on any atom is 0.175 e. The molecule has 0 unspecified atom stereocenters. The van der Waals surface area contributed by atoms with Crippen LogP contribution < -0.4 is 0 Å². The lowest BCUT2D eigenvalue weighted by Crippen LogP contribution is -1.96. The Balaban J connectivity index is 2.39. The van der Waals surface area contributed by atoms with Crippen LogP contribution >= 0.6 is 15.9 Å². The number of hydrogen-bond acceptors (Lipinski definition) is 2. The smallest absolute Gasteiger partial charge is 0.175 e. The van der Waals surface area contributed by atoms with Gasteiger partial charge in [0.25, 0.3) is 0 Å². The number of halogens is 1. The van der Waals surface area contributed by atoms with Crippen LogP contribution in [-0.2, 0) is 9.84 Å². The molecule has 0 radical (unpaired) electrons. The van der Waals surface area contributed by atoms with Gasteiger partial charge in [-0.05, 0) is 35.4 Å². The minimum atomic E-state index is -3.12. The zero-order chi connectivity index (χ0) is 12.5. The molecule has 0 heterocycles. The number of rotatable bonds is 2. The number of sulfone groups is 1. The summed E-state index contributed by atoms with van der Waals surface area (Å²) in [4.78, 5) is 0.346. The predicted molar refractivity (Wildman–Crippen MR) is 72.7 cm³/mol. The van der Waals surface area contributed by atoms with Crippen molar-refractivity contribution in [2.24, 2.45) is 0 Å². The Morgan fingerprint density at radius 2 is 1.24 bits per heavy atom. The van der Waals surface area contributed by atoms with Gasteiger partial charge in [0.1, 0.15) is 0 Å². The van der Waals surface area contributed by atoms with Gasteiger partial charge in [-0.2, -0.15) is 0 Å². The molecule has 0 spiro atoms. The normalized spacial score (nSPS) is 11.4. The fraction of sp³-hybridized carbons (Fsp3) is 0.0769. The first-order valence-electron chi connectivity index (χ1n) is 5.03. The van der Waals surface area contributed by atoms with Crippen molar-refractivity contribution in [2.45, 2.75) is 4.90 Å². The lowest BCUT2D eigenvalue weighted by Gasteiger charge is -2.03. The van der Waals surface area contributed by atoms with Crippen LogP contribution in [0.4, 0.5) is 0 Å². The predicted octanol–water partition coefficient (Wildman–Crippen LogP) is 3.52. The third-order valence-corrected chi connectivity index (χ3v) is 4.12. The zero-order valence-electron chi connectivity index (χ0n) is 9.22. The second kappa shape index (κ2) is 4.63. The molecule has 0 aliphatic rings. The molecule has 0 bridgehead atoms. The lowest BCUT2D eigenvalue weighted by atomic mass is 10.1. The van der Waals surface area contributed by atoms with Gasteiger partial charge < -0.3 is 0 Å². The Morgan fingerprint density at radius 1 is 0.824 bits per heavy atom. The Kier molecular flexibility index (Phi) is 3.35. The Labute approximate surface area is 109 Å². The fourth-order valence-electron chi connectivity index (χ4n) is 1.54. The molecule has 0 aliphatic carbocycles. The average Bonchev–Trinajstić information content (AvgIpc) is 2.29. The van der Waals surface area contributed by atoms with Crippen LogP contribution in [0.2, 0.25) is 0 Å². The molecule has 0 amide bonds. The molecular formula is C13H11BrO2S. The fourth-order valence-corrected chi connectivity index (χ4v) is 2.43. The van der Waals surface area contributed by atoms with Crippen LogP contribution in [0.3, 0.4) is 0 Å². The van der Waals surface area contributed by atoms with Crippen LogP contribution in [-0.4, -0.2) is 14.7 Å². The van der Waals surface area contributed by atoms with E-state index in [1.807, 2.05) is 36.4 Å². The maximum absolute atomic E-state index is 11.3. The molecule has 0 fully saturated rings. The van der Waals surface area contributed by atoms with Crippen molar-refractivity contribution in [3.63, 3.8) is 0 Å². The molecule has 0 saturated carbocycles. The zero-order valence-corrected chi connectivity index (χ0v) is 11.6. The van der Waals surface area contributed by atoms with Crippen molar-refractivity contribution < 1.29 is 8.42 Å². The molecule has 4 heteroatoms. The van der Waals surface area contributed by atoms with E-state index in [-0.39, 0.29) is 0 Å². The van der Waals surface area contributed by atoms with Crippen LogP contribution in [0.1, 0.15) is 0 Å². The van der Waals surface area contributed by atoms with Crippen LogP contribution in [0.25, 0.3) is 11.1 Å². The summed E-state index contributed by atoms with van der Waals surface area (Å²) < 4.78 is 23.7. The van der Waals surface area contributed by atoms with Crippen molar-refractivity contribution in [1.29, 1.82) is 0 Å². The molecule has 2 aromatic carbocycles. The highest BCUT2D eigenvalue weighted by Crippen LogP contribution is 2.23. The van der Waals surface area contributed by atoms with Crippen LogP contribution in [0.5, 0.6) is 0 Å². The Morgan fingerprint density at radius 3 is 1.65 bits per heavy atom. The summed E-state index contributed by atoms with van der Waals surface area (Å²) in [5.41, 5.74) is 2.07. The van der Waals surface area contributed by atoms with E-state index in [2.05, 4.69) is 15.9 Å². The number of benzene rings is 2. The first-order valence-corrected chi connectivity index (χ1v) is 7.71. The summed E-state index contributed by atoms with van der Waals surface area (Å²) in [6.45, 7) is 0. The minimum Gasteiger partial charge on any atom is -0.224 e. The first kappa shape index (κ1) is 12.3. The SMILES string of the molecule is CS(=O)(=O)c1ccc(-c2ccc(Br)cc2)cc1. The van der Waals surface area contributed by atoms with Crippen molar-refractivity contribution >= 4 is 25.8 Å². The van der Waals surface area contributed by atoms with Crippen molar-refractivity contribution in [3.8, 4) is 11.1 Å². The molecule has 0 aromatic heterocycles. The minimum absolute atomic E-state index is 0.346. The van der Waals surface area contributed by atoms with Crippen LogP contribution in [0.15, 0.2) is 57.9 Å². The quantitative estimate of drug-likeness (QED) is 0.850. The van der Waals surface area contributed by atoms with Gasteiger partial charge in [-0.15, -0.1) is 0 Å². The van der Waals surface area contributed by atoms with Crippen molar-refractivity contribution in [1.82, 2.24) is 0 Å². The molecule has 2 aromatic rings. The monoisotopic (exact) mass is 310 g/mol. The number of hydrogen-bond donors (Lipinski definition) is 0. The lowest BCUT2D eigenvalue weighted by molar-refractivity contribution is 0.602. The summed E-state index contributed by atoms with van der Waals surface area (Å²) in [6, 6.07) is 14.8. The van der Waals surface area contributed by atoms with Gasteiger partial charge in [-0.3, -0.25) is 0 Å². The summed E-state index contributed by atoms with van der Waals surface area (Å²) in [6.07, 6.45) is 1.21. The van der Waals surface area contributed by atoms with E-state index in [0.717, 1.165) is 15.6 Å². The van der Waals surface area contributed by atoms with E-state index in [1.54, 1.807) is 12.1 Å². The van der Waals surface area contributed by atoms with Crippen molar-refractivity contribution in [3.05, 3.63) is 53.0 Å². The summed E-state index contributed by atoms with van der Waals surface area (Å²) in [5, 5.41) is 0. The maximum atomic E-state index is 11.3. The summed E-state index contributed by atoms with van der Waals surface area (Å²) in [5.74, 6) is 0. The first-order chi connectivity index (χ1) is 7.97. The van der Waals surface area contributed by atoms with E-state index in [4.69, 9.17) is 0 Å². The van der Waals surface area contributed by atoms with E-state index in [9.17, 15) is 8.42 Å². The second-order valence-corrected chi connectivity index (χ2v) is 6.73. The van der Waals surface area contributed by atoms with Gasteiger partial charge in [0.15, 0.2) is 9.84 Å². The Hall–Kier alpha value is -1.13. The van der Waals surface area contributed by atoms with E-state index < -0.39 is 9.84 Å². The second-order valence-electron chi connectivity index (χ2n) is 3.80. The van der Waals surface area contributed by atoms with Crippen molar-refractivity contribution in [2.75, 3.05) is 6.26 Å². The van der Waals surface area contributed by atoms with Gasteiger partial charge in [0, 0.05) is 10.7 Å². The van der Waals surface area contributed by atoms with Gasteiger partial charge in [0.05, 0.1) is 4.90 Å². The van der Waals surface area contributed by atoms with E-state index in [0.29, 0.717) is 4.90 Å².